The van der Waals surface area contributed by atoms with Crippen LogP contribution in [0.25, 0.3) is 0 Å². The van der Waals surface area contributed by atoms with Gasteiger partial charge in [0.2, 0.25) is 0 Å². The highest BCUT2D eigenvalue weighted by molar-refractivity contribution is 7.47. The number of hydrogen-bond donors (Lipinski definition) is 4. The Morgan fingerprint density at radius 1 is 0.289 bits per heavy atom. The lowest BCUT2D eigenvalue weighted by atomic mass is 10.0. The van der Waals surface area contributed by atoms with Crippen molar-refractivity contribution < 1.29 is 75.8 Å². The largest absolute Gasteiger partial charge is 0.472 e. The fourth-order valence-electron chi connectivity index (χ4n) is 10.4. The molecule has 5 atom stereocenters. The lowest BCUT2D eigenvalue weighted by Crippen LogP contribution is -2.30. The molecule has 0 aromatic heterocycles. The van der Waals surface area contributed by atoms with Crippen LogP contribution in [0.3, 0.4) is 0 Å². The van der Waals surface area contributed by atoms with Gasteiger partial charge < -0.3 is 34.2 Å². The van der Waals surface area contributed by atoms with Gasteiger partial charge in [-0.3, -0.25) is 32.5 Å². The minimum atomic E-state index is -4.93. The maximum Gasteiger partial charge on any atom is 0.472 e. The van der Waals surface area contributed by atoms with Crippen LogP contribution in [0.1, 0.15) is 329 Å². The van der Waals surface area contributed by atoms with Gasteiger partial charge in [0, 0.05) is 19.3 Å². The Labute approximate surface area is 590 Å². The van der Waals surface area contributed by atoms with Gasteiger partial charge in [-0.2, -0.15) is 0 Å². The molecule has 562 valence electrons. The number of carbonyl (C=O) groups is 3. The van der Waals surface area contributed by atoms with E-state index in [-0.39, 0.29) is 19.3 Å². The van der Waals surface area contributed by atoms with E-state index in [9.17, 15) is 43.5 Å². The van der Waals surface area contributed by atoms with E-state index in [1.807, 2.05) is 0 Å². The van der Waals surface area contributed by atoms with Gasteiger partial charge in [-0.25, -0.2) is 9.13 Å². The fraction of sp³-hybridized carbons (Fsp3) is 0.759. The average molecular weight is 1410 g/mol. The normalized spacial score (nSPS) is 14.6. The number of allylic oxidation sites excluding steroid dienone is 16. The van der Waals surface area contributed by atoms with Gasteiger partial charge in [-0.15, -0.1) is 0 Å². The highest BCUT2D eigenvalue weighted by atomic mass is 31.2. The van der Waals surface area contributed by atoms with E-state index < -0.39 is 91.5 Å². The van der Waals surface area contributed by atoms with Crippen molar-refractivity contribution in [2.75, 3.05) is 39.6 Å². The summed E-state index contributed by atoms with van der Waals surface area (Å²) in [6.07, 6.45) is 81.5. The first-order valence-corrected chi connectivity index (χ1v) is 41.5. The molecule has 0 spiro atoms. The molecule has 0 fully saturated rings. The fourth-order valence-corrected chi connectivity index (χ4v) is 11.9. The second-order valence-electron chi connectivity index (χ2n) is 25.8. The van der Waals surface area contributed by atoms with Crippen LogP contribution in [0, 0.1) is 0 Å². The minimum absolute atomic E-state index is 0.105. The van der Waals surface area contributed by atoms with E-state index in [0.717, 1.165) is 154 Å². The molecule has 5 unspecified atom stereocenters. The summed E-state index contributed by atoms with van der Waals surface area (Å²) >= 11 is 0. The Bertz CT molecular complexity index is 2150. The number of aliphatic hydroxyl groups excluding tert-OH is 2. The molecule has 0 aromatic carbocycles. The zero-order chi connectivity index (χ0) is 70.9. The summed E-state index contributed by atoms with van der Waals surface area (Å²) in [7, 11) is -9.79. The zero-order valence-electron chi connectivity index (χ0n) is 61.2. The Hall–Kier alpha value is -3.53. The second-order valence-corrected chi connectivity index (χ2v) is 28.7. The Balaban J connectivity index is 4.63. The number of unbranched alkanes of at least 4 members (excludes halogenated alkanes) is 34. The lowest BCUT2D eigenvalue weighted by Gasteiger charge is -2.21. The predicted octanol–water partition coefficient (Wildman–Crippen LogP) is 22.2. The van der Waals surface area contributed by atoms with Crippen LogP contribution in [-0.4, -0.2) is 95.9 Å². The summed E-state index contributed by atoms with van der Waals surface area (Å²) in [6.45, 7) is 2.63. The number of ether oxygens (including phenoxy) is 3. The van der Waals surface area contributed by atoms with E-state index in [1.165, 1.54) is 116 Å². The van der Waals surface area contributed by atoms with Gasteiger partial charge in [0.05, 0.1) is 26.4 Å². The van der Waals surface area contributed by atoms with Crippen LogP contribution in [0.2, 0.25) is 0 Å². The van der Waals surface area contributed by atoms with Gasteiger partial charge in [0.1, 0.15) is 25.4 Å². The molecule has 97 heavy (non-hydrogen) atoms. The molecule has 0 saturated carbocycles. The highest BCUT2D eigenvalue weighted by Crippen LogP contribution is 2.45. The molecule has 0 aromatic rings. The van der Waals surface area contributed by atoms with Crippen molar-refractivity contribution in [1.29, 1.82) is 0 Å². The first-order valence-electron chi connectivity index (χ1n) is 38.5. The van der Waals surface area contributed by atoms with Crippen molar-refractivity contribution in [2.24, 2.45) is 0 Å². The van der Waals surface area contributed by atoms with Crippen molar-refractivity contribution >= 4 is 33.6 Å². The van der Waals surface area contributed by atoms with Crippen LogP contribution in [-0.2, 0) is 55.8 Å². The third-order valence-corrected chi connectivity index (χ3v) is 18.2. The molecule has 18 heteroatoms. The summed E-state index contributed by atoms with van der Waals surface area (Å²) in [5.74, 6) is -1.58. The molecule has 4 N–H and O–H groups in total. The predicted molar refractivity (Wildman–Crippen MR) is 399 cm³/mol. The third-order valence-electron chi connectivity index (χ3n) is 16.3. The molecule has 0 amide bonds. The van der Waals surface area contributed by atoms with Crippen LogP contribution in [0.4, 0.5) is 0 Å². The molecule has 0 aliphatic heterocycles. The SMILES string of the molecule is CCCCC/C=C\C/C=C\C/C=C\C/C=C\CCCCCCCCCC(=O)OCC(O)COP(=O)(O)OCC(O)COP(=O)(O)OCC(COC(=O)CCCCCCCCC/C=C\C/C=C\C/C=C\C/C=C\CCCCC)OC(=O)CCCCCCCCCCCCCCCCC. The quantitative estimate of drug-likeness (QED) is 0.0146. The zero-order valence-corrected chi connectivity index (χ0v) is 63.0. The van der Waals surface area contributed by atoms with Gasteiger partial charge >= 0.3 is 33.6 Å². The maximum absolute atomic E-state index is 13.0. The molecule has 16 nitrogen and oxygen atoms in total. The number of carbonyl (C=O) groups excluding carboxylic acids is 3. The Kier molecular flexibility index (Phi) is 69.6. The van der Waals surface area contributed by atoms with Gasteiger partial charge in [-0.05, 0) is 109 Å². The molecule has 0 aliphatic rings. The van der Waals surface area contributed by atoms with Crippen molar-refractivity contribution in [1.82, 2.24) is 0 Å². The number of esters is 3. The first kappa shape index (κ1) is 93.5. The lowest BCUT2D eigenvalue weighted by molar-refractivity contribution is -0.161. The summed E-state index contributed by atoms with van der Waals surface area (Å²) in [6, 6.07) is 0. The Morgan fingerprint density at radius 3 is 0.835 bits per heavy atom. The molecule has 0 bridgehead atoms. The third kappa shape index (κ3) is 73.5. The average Bonchev–Trinajstić information content (AvgIpc) is 1.77. The summed E-state index contributed by atoms with van der Waals surface area (Å²) in [4.78, 5) is 58.6. The van der Waals surface area contributed by atoms with Gasteiger partial charge in [-0.1, -0.05) is 298 Å². The molecule has 0 aliphatic carbocycles. The van der Waals surface area contributed by atoms with E-state index in [0.29, 0.717) is 19.3 Å². The van der Waals surface area contributed by atoms with Crippen molar-refractivity contribution in [3.8, 4) is 0 Å². The van der Waals surface area contributed by atoms with Crippen LogP contribution < -0.4 is 0 Å². The van der Waals surface area contributed by atoms with Crippen LogP contribution >= 0.6 is 15.6 Å². The topological polar surface area (TPSA) is 231 Å². The van der Waals surface area contributed by atoms with Gasteiger partial charge in [0.25, 0.3) is 0 Å². The molecule has 0 saturated heterocycles. The second kappa shape index (κ2) is 72.3. The summed E-state index contributed by atoms with van der Waals surface area (Å²) in [5, 5.41) is 20.6. The highest BCUT2D eigenvalue weighted by Gasteiger charge is 2.29. The van der Waals surface area contributed by atoms with Crippen molar-refractivity contribution in [3.63, 3.8) is 0 Å². The minimum Gasteiger partial charge on any atom is -0.463 e. The Morgan fingerprint density at radius 2 is 0.515 bits per heavy atom. The smallest absolute Gasteiger partial charge is 0.463 e. The molecule has 0 heterocycles. The molecule has 0 rings (SSSR count). The number of phosphoric ester groups is 2. The first-order chi connectivity index (χ1) is 47.2. The number of rotatable bonds is 73. The van der Waals surface area contributed by atoms with Crippen molar-refractivity contribution in [2.45, 2.75) is 347 Å². The standard InChI is InChI=1S/C79H140O16P2/c1-4-7-10-13-16-19-22-25-28-30-32-34-36-38-40-42-45-47-50-53-56-59-62-65-77(82)89-68-74(80)69-91-96(85,86)92-70-75(81)71-93-97(87,88)94-73-76(95-79(84)67-64-61-58-55-52-49-44-27-24-21-18-15-12-9-6-3)72-90-78(83)66-63-60-57-54-51-48-46-43-41-39-37-35-33-31-29-26-23-20-17-14-11-8-5-2/h16-17,19-20,25-26,28-29,32-35,38-41,74-76,80-81H,4-15,18,21-24,27,30-31,36-37,42-73H2,1-3H3,(H,85,86)(H,87,88)/b19-16-,20-17-,28-25-,29-26-,34-32-,35-33-,40-38-,41-39-. The van der Waals surface area contributed by atoms with Gasteiger partial charge in [0.15, 0.2) is 6.10 Å². The van der Waals surface area contributed by atoms with Crippen LogP contribution in [0.15, 0.2) is 97.2 Å². The van der Waals surface area contributed by atoms with E-state index >= 15 is 0 Å². The van der Waals surface area contributed by atoms with E-state index in [4.69, 9.17) is 32.3 Å². The number of hydrogen-bond acceptors (Lipinski definition) is 14. The molecular weight excluding hydrogens is 1270 g/mol. The summed E-state index contributed by atoms with van der Waals surface area (Å²) in [5.41, 5.74) is 0. The molecule has 0 radical (unpaired) electrons. The maximum atomic E-state index is 13.0. The van der Waals surface area contributed by atoms with Crippen LogP contribution in [0.5, 0.6) is 0 Å². The van der Waals surface area contributed by atoms with Crippen molar-refractivity contribution in [3.05, 3.63) is 97.2 Å². The van der Waals surface area contributed by atoms with E-state index in [1.54, 1.807) is 0 Å². The number of aliphatic hydroxyl groups is 2. The monoisotopic (exact) mass is 1410 g/mol. The molecular formula is C79H140O16P2. The summed E-state index contributed by atoms with van der Waals surface area (Å²) < 4.78 is 61.1. The number of phosphoric acid groups is 2. The van der Waals surface area contributed by atoms with E-state index in [2.05, 4.69) is 118 Å².